The lowest BCUT2D eigenvalue weighted by Gasteiger charge is -2.32. The van der Waals surface area contributed by atoms with Gasteiger partial charge in [-0.05, 0) is 47.4 Å². The SMILES string of the molecule is CCCNC(=O)C(c1ccccc1)N(Cc1ccc(F)cc1)C(=O)Cc1ccc(OC)c(OC)c1. The van der Waals surface area contributed by atoms with Crippen LogP contribution in [0.2, 0.25) is 0 Å². The van der Waals surface area contributed by atoms with Crippen LogP contribution < -0.4 is 14.8 Å². The second-order valence-electron chi connectivity index (χ2n) is 8.12. The highest BCUT2D eigenvalue weighted by Crippen LogP contribution is 2.29. The normalized spacial score (nSPS) is 11.4. The number of carbonyl (C=O) groups excluding carboxylic acids is 2. The maximum Gasteiger partial charge on any atom is 0.247 e. The third-order valence-corrected chi connectivity index (χ3v) is 5.61. The quantitative estimate of drug-likeness (QED) is 0.435. The fourth-order valence-corrected chi connectivity index (χ4v) is 3.83. The molecular formula is C28H31FN2O4. The van der Waals surface area contributed by atoms with Gasteiger partial charge in [-0.3, -0.25) is 9.59 Å². The Morgan fingerprint density at radius 3 is 2.20 bits per heavy atom. The average Bonchev–Trinajstić information content (AvgIpc) is 2.88. The summed E-state index contributed by atoms with van der Waals surface area (Å²) >= 11 is 0. The van der Waals surface area contributed by atoms with E-state index in [1.807, 2.05) is 37.3 Å². The molecule has 0 radical (unpaired) electrons. The number of methoxy groups -OCH3 is 2. The summed E-state index contributed by atoms with van der Waals surface area (Å²) in [6.45, 7) is 2.61. The molecule has 0 spiro atoms. The number of carbonyl (C=O) groups is 2. The molecule has 2 amide bonds. The summed E-state index contributed by atoms with van der Waals surface area (Å²) in [5.74, 6) is 0.205. The Morgan fingerprint density at radius 2 is 1.57 bits per heavy atom. The number of ether oxygens (including phenoxy) is 2. The zero-order valence-electron chi connectivity index (χ0n) is 20.3. The summed E-state index contributed by atoms with van der Waals surface area (Å²) < 4.78 is 24.2. The van der Waals surface area contributed by atoms with Crippen molar-refractivity contribution < 1.29 is 23.5 Å². The highest BCUT2D eigenvalue weighted by molar-refractivity contribution is 5.89. The van der Waals surface area contributed by atoms with E-state index in [0.717, 1.165) is 17.5 Å². The zero-order chi connectivity index (χ0) is 25.2. The third kappa shape index (κ3) is 6.82. The summed E-state index contributed by atoms with van der Waals surface area (Å²) in [6, 6.07) is 19.6. The standard InChI is InChI=1S/C28H31FN2O4/c1-4-16-30-28(33)27(22-8-6-5-7-9-22)31(19-20-10-13-23(29)14-11-20)26(32)18-21-12-15-24(34-2)25(17-21)35-3/h5-15,17,27H,4,16,18-19H2,1-3H3,(H,30,33). The minimum atomic E-state index is -0.847. The molecule has 0 fully saturated rings. The van der Waals surface area contributed by atoms with Gasteiger partial charge in [0.05, 0.1) is 20.6 Å². The van der Waals surface area contributed by atoms with Crippen molar-refractivity contribution in [3.8, 4) is 11.5 Å². The first-order valence-corrected chi connectivity index (χ1v) is 11.5. The van der Waals surface area contributed by atoms with Gasteiger partial charge in [-0.25, -0.2) is 4.39 Å². The van der Waals surface area contributed by atoms with Gasteiger partial charge in [0.15, 0.2) is 11.5 Å². The van der Waals surface area contributed by atoms with Crippen molar-refractivity contribution in [2.45, 2.75) is 32.4 Å². The molecule has 3 aromatic carbocycles. The molecule has 1 N–H and O–H groups in total. The molecule has 1 atom stereocenters. The van der Waals surface area contributed by atoms with E-state index in [-0.39, 0.29) is 30.6 Å². The van der Waals surface area contributed by atoms with Gasteiger partial charge in [0, 0.05) is 13.1 Å². The van der Waals surface area contributed by atoms with Crippen LogP contribution in [0.1, 0.15) is 36.1 Å². The molecule has 0 bridgehead atoms. The smallest absolute Gasteiger partial charge is 0.247 e. The van der Waals surface area contributed by atoms with Crippen molar-refractivity contribution >= 4 is 11.8 Å². The van der Waals surface area contributed by atoms with E-state index in [1.54, 1.807) is 42.3 Å². The molecule has 1 unspecified atom stereocenters. The molecule has 35 heavy (non-hydrogen) atoms. The van der Waals surface area contributed by atoms with Crippen molar-refractivity contribution in [2.75, 3.05) is 20.8 Å². The number of hydrogen-bond donors (Lipinski definition) is 1. The maximum atomic E-state index is 13.7. The zero-order valence-corrected chi connectivity index (χ0v) is 20.3. The van der Waals surface area contributed by atoms with Crippen LogP contribution in [0.5, 0.6) is 11.5 Å². The predicted octanol–water partition coefficient (Wildman–Crippen LogP) is 4.68. The van der Waals surface area contributed by atoms with E-state index in [0.29, 0.717) is 23.6 Å². The fraction of sp³-hybridized carbons (Fsp3) is 0.286. The topological polar surface area (TPSA) is 67.9 Å². The van der Waals surface area contributed by atoms with Crippen molar-refractivity contribution in [1.29, 1.82) is 0 Å². The highest BCUT2D eigenvalue weighted by atomic mass is 19.1. The molecule has 0 saturated carbocycles. The van der Waals surface area contributed by atoms with Crippen LogP contribution in [0, 0.1) is 5.82 Å². The lowest BCUT2D eigenvalue weighted by Crippen LogP contribution is -2.44. The van der Waals surface area contributed by atoms with Crippen LogP contribution in [0.25, 0.3) is 0 Å². The Balaban J connectivity index is 1.99. The Labute approximate surface area is 205 Å². The van der Waals surface area contributed by atoms with Gasteiger partial charge < -0.3 is 19.7 Å². The molecule has 0 aromatic heterocycles. The van der Waals surface area contributed by atoms with E-state index < -0.39 is 6.04 Å². The summed E-state index contributed by atoms with van der Waals surface area (Å²) in [7, 11) is 3.08. The molecule has 6 nitrogen and oxygen atoms in total. The highest BCUT2D eigenvalue weighted by Gasteiger charge is 2.31. The molecule has 0 saturated heterocycles. The first-order valence-electron chi connectivity index (χ1n) is 11.5. The van der Waals surface area contributed by atoms with E-state index in [4.69, 9.17) is 9.47 Å². The van der Waals surface area contributed by atoms with Crippen LogP contribution in [0.4, 0.5) is 4.39 Å². The predicted molar refractivity (Wildman–Crippen MR) is 133 cm³/mol. The van der Waals surface area contributed by atoms with Crippen LogP contribution in [0.15, 0.2) is 72.8 Å². The molecule has 3 rings (SSSR count). The Kier molecular flexibility index (Phi) is 9.23. The van der Waals surface area contributed by atoms with Crippen LogP contribution in [-0.2, 0) is 22.6 Å². The summed E-state index contributed by atoms with van der Waals surface area (Å²) in [6.07, 6.45) is 0.816. The molecule has 184 valence electrons. The van der Waals surface area contributed by atoms with Gasteiger partial charge in [0.25, 0.3) is 0 Å². The van der Waals surface area contributed by atoms with E-state index >= 15 is 0 Å². The number of nitrogens with zero attached hydrogens (tertiary/aromatic N) is 1. The number of nitrogens with one attached hydrogen (secondary N) is 1. The molecule has 0 aliphatic heterocycles. The molecule has 7 heteroatoms. The largest absolute Gasteiger partial charge is 0.493 e. The molecule has 3 aromatic rings. The third-order valence-electron chi connectivity index (χ3n) is 5.61. The Morgan fingerprint density at radius 1 is 0.914 bits per heavy atom. The second-order valence-corrected chi connectivity index (χ2v) is 8.12. The summed E-state index contributed by atoms with van der Waals surface area (Å²) in [5, 5.41) is 2.93. The van der Waals surface area contributed by atoms with Gasteiger partial charge in [0.2, 0.25) is 11.8 Å². The minimum absolute atomic E-state index is 0.0476. The minimum Gasteiger partial charge on any atom is -0.493 e. The number of rotatable bonds is 11. The molecule has 0 aliphatic rings. The number of hydrogen-bond acceptors (Lipinski definition) is 4. The van der Waals surface area contributed by atoms with Gasteiger partial charge in [0.1, 0.15) is 11.9 Å². The Bertz CT molecular complexity index is 1120. The summed E-state index contributed by atoms with van der Waals surface area (Å²) in [5.41, 5.74) is 2.14. The average molecular weight is 479 g/mol. The lowest BCUT2D eigenvalue weighted by molar-refractivity contribution is -0.141. The van der Waals surface area contributed by atoms with Crippen LogP contribution in [0.3, 0.4) is 0 Å². The van der Waals surface area contributed by atoms with Gasteiger partial charge >= 0.3 is 0 Å². The number of amides is 2. The van der Waals surface area contributed by atoms with Gasteiger partial charge in [-0.15, -0.1) is 0 Å². The van der Waals surface area contributed by atoms with Crippen molar-refractivity contribution in [2.24, 2.45) is 0 Å². The van der Waals surface area contributed by atoms with Crippen molar-refractivity contribution in [1.82, 2.24) is 10.2 Å². The first-order chi connectivity index (χ1) is 17.0. The lowest BCUT2D eigenvalue weighted by atomic mass is 10.0. The van der Waals surface area contributed by atoms with Crippen LogP contribution in [-0.4, -0.2) is 37.5 Å². The molecule has 0 aliphatic carbocycles. The van der Waals surface area contributed by atoms with E-state index in [2.05, 4.69) is 5.32 Å². The van der Waals surface area contributed by atoms with Crippen molar-refractivity contribution in [3.05, 3.63) is 95.3 Å². The monoisotopic (exact) mass is 478 g/mol. The van der Waals surface area contributed by atoms with Crippen LogP contribution >= 0.6 is 0 Å². The molecular weight excluding hydrogens is 447 g/mol. The van der Waals surface area contributed by atoms with Gasteiger partial charge in [-0.1, -0.05) is 55.5 Å². The summed E-state index contributed by atoms with van der Waals surface area (Å²) in [4.78, 5) is 28.6. The van der Waals surface area contributed by atoms with E-state index in [1.165, 1.54) is 19.2 Å². The maximum absolute atomic E-state index is 13.7. The second kappa shape index (κ2) is 12.6. The molecule has 0 heterocycles. The number of halogens is 1. The Hall–Kier alpha value is -3.87. The number of benzene rings is 3. The van der Waals surface area contributed by atoms with Gasteiger partial charge in [-0.2, -0.15) is 0 Å². The van der Waals surface area contributed by atoms with Crippen molar-refractivity contribution in [3.63, 3.8) is 0 Å². The fourth-order valence-electron chi connectivity index (χ4n) is 3.83. The van der Waals surface area contributed by atoms with E-state index in [9.17, 15) is 14.0 Å². The first kappa shape index (κ1) is 25.7.